The summed E-state index contributed by atoms with van der Waals surface area (Å²) in [5.41, 5.74) is 0.955. The molecule has 1 N–H and O–H groups in total. The molecular weight excluding hydrogens is 325 g/mol. The molecule has 2 amide bonds. The van der Waals surface area contributed by atoms with E-state index in [1.807, 2.05) is 4.90 Å². The van der Waals surface area contributed by atoms with Gasteiger partial charge in [0.05, 0.1) is 12.2 Å². The maximum Gasteiger partial charge on any atom is 0.269 e. The molecule has 0 unspecified atom stereocenters. The normalized spacial score (nSPS) is 14.5. The van der Waals surface area contributed by atoms with Gasteiger partial charge in [-0.25, -0.2) is 4.39 Å². The number of aromatic nitrogens is 2. The van der Waals surface area contributed by atoms with Gasteiger partial charge in [0.15, 0.2) is 0 Å². The molecule has 1 aromatic carbocycles. The minimum absolute atomic E-state index is 0.0658. The van der Waals surface area contributed by atoms with Crippen molar-refractivity contribution in [3.05, 3.63) is 48.0 Å². The number of carbonyl (C=O) groups is 2. The highest BCUT2D eigenvalue weighted by molar-refractivity contribution is 5.95. The molecule has 25 heavy (non-hydrogen) atoms. The molecule has 0 spiro atoms. The summed E-state index contributed by atoms with van der Waals surface area (Å²) >= 11 is 0. The van der Waals surface area contributed by atoms with Crippen LogP contribution in [0.25, 0.3) is 0 Å². The van der Waals surface area contributed by atoms with E-state index in [-0.39, 0.29) is 24.2 Å². The second kappa shape index (κ2) is 7.33. The quantitative estimate of drug-likeness (QED) is 0.883. The molecular formula is C17H20FN5O2. The Morgan fingerprint density at radius 1 is 1.16 bits per heavy atom. The average Bonchev–Trinajstić information content (AvgIpc) is 3.06. The highest BCUT2D eigenvalue weighted by Gasteiger charge is 2.23. The van der Waals surface area contributed by atoms with Crippen LogP contribution in [0.1, 0.15) is 10.5 Å². The number of hydrogen-bond donors (Lipinski definition) is 1. The number of benzene rings is 1. The number of nitrogens with zero attached hydrogens (tertiary/aromatic N) is 4. The molecule has 1 aromatic heterocycles. The maximum atomic E-state index is 13.8. The van der Waals surface area contributed by atoms with E-state index in [4.69, 9.17) is 0 Å². The van der Waals surface area contributed by atoms with Crippen molar-refractivity contribution in [2.24, 2.45) is 7.05 Å². The summed E-state index contributed by atoms with van der Waals surface area (Å²) in [7, 11) is 1.67. The molecule has 132 valence electrons. The highest BCUT2D eigenvalue weighted by atomic mass is 19.1. The first-order chi connectivity index (χ1) is 12.1. The van der Waals surface area contributed by atoms with Gasteiger partial charge in [0, 0.05) is 39.4 Å². The third kappa shape index (κ3) is 3.78. The van der Waals surface area contributed by atoms with Gasteiger partial charge in [-0.15, -0.1) is 0 Å². The first-order valence-corrected chi connectivity index (χ1v) is 8.09. The number of rotatable bonds is 4. The minimum atomic E-state index is -0.335. The van der Waals surface area contributed by atoms with Crippen LogP contribution < -0.4 is 10.2 Å². The smallest absolute Gasteiger partial charge is 0.269 e. The topological polar surface area (TPSA) is 70.5 Å². The number of carbonyl (C=O) groups excluding carboxylic acids is 2. The predicted octanol–water partition coefficient (Wildman–Crippen LogP) is 0.638. The van der Waals surface area contributed by atoms with Gasteiger partial charge < -0.3 is 15.1 Å². The summed E-state index contributed by atoms with van der Waals surface area (Å²) < 4.78 is 15.3. The molecule has 0 saturated carbocycles. The van der Waals surface area contributed by atoms with Crippen LogP contribution >= 0.6 is 0 Å². The van der Waals surface area contributed by atoms with E-state index in [1.54, 1.807) is 36.2 Å². The Morgan fingerprint density at radius 2 is 1.88 bits per heavy atom. The minimum Gasteiger partial charge on any atom is -0.366 e. The largest absolute Gasteiger partial charge is 0.366 e. The number of hydrogen-bond acceptors (Lipinski definition) is 4. The fraction of sp³-hybridized carbons (Fsp3) is 0.353. The van der Waals surface area contributed by atoms with Gasteiger partial charge in [-0.05, 0) is 18.2 Å². The van der Waals surface area contributed by atoms with Crippen LogP contribution in [0.4, 0.5) is 10.1 Å². The summed E-state index contributed by atoms with van der Waals surface area (Å²) in [6.45, 7) is 2.04. The second-order valence-corrected chi connectivity index (χ2v) is 5.84. The Balaban J connectivity index is 1.49. The van der Waals surface area contributed by atoms with Crippen LogP contribution in [0.2, 0.25) is 0 Å². The van der Waals surface area contributed by atoms with E-state index >= 15 is 0 Å². The third-order valence-electron chi connectivity index (χ3n) is 4.28. The molecule has 1 fully saturated rings. The number of piperazine rings is 1. The molecule has 0 bridgehead atoms. The molecule has 3 rings (SSSR count). The summed E-state index contributed by atoms with van der Waals surface area (Å²) in [4.78, 5) is 27.9. The molecule has 1 saturated heterocycles. The van der Waals surface area contributed by atoms with Crippen molar-refractivity contribution in [3.63, 3.8) is 0 Å². The molecule has 0 aliphatic carbocycles. The van der Waals surface area contributed by atoms with E-state index in [1.165, 1.54) is 16.9 Å². The average molecular weight is 345 g/mol. The van der Waals surface area contributed by atoms with Crippen LogP contribution in [0.15, 0.2) is 36.5 Å². The van der Waals surface area contributed by atoms with Crippen molar-refractivity contribution >= 4 is 17.5 Å². The SMILES string of the molecule is Cn1nccc1C(=O)NCC(=O)N1CCN(c2ccccc2F)CC1. The molecule has 7 nitrogen and oxygen atoms in total. The zero-order chi connectivity index (χ0) is 17.8. The Labute approximate surface area is 145 Å². The number of nitrogens with one attached hydrogen (secondary N) is 1. The lowest BCUT2D eigenvalue weighted by Gasteiger charge is -2.36. The molecule has 0 radical (unpaired) electrons. The van der Waals surface area contributed by atoms with Crippen LogP contribution in [-0.2, 0) is 11.8 Å². The second-order valence-electron chi connectivity index (χ2n) is 5.84. The number of amides is 2. The summed E-state index contributed by atoms with van der Waals surface area (Å²) in [6.07, 6.45) is 1.53. The Kier molecular flexibility index (Phi) is 4.97. The molecule has 0 atom stereocenters. The van der Waals surface area contributed by atoms with Crippen LogP contribution in [0.5, 0.6) is 0 Å². The van der Waals surface area contributed by atoms with Gasteiger partial charge in [0.1, 0.15) is 11.5 Å². The van der Waals surface area contributed by atoms with E-state index in [2.05, 4.69) is 10.4 Å². The molecule has 8 heteroatoms. The van der Waals surface area contributed by atoms with Gasteiger partial charge >= 0.3 is 0 Å². The van der Waals surface area contributed by atoms with Gasteiger partial charge in [-0.3, -0.25) is 14.3 Å². The maximum absolute atomic E-state index is 13.8. The van der Waals surface area contributed by atoms with Gasteiger partial charge in [0.2, 0.25) is 5.91 Å². The fourth-order valence-corrected chi connectivity index (χ4v) is 2.86. The molecule has 1 aliphatic heterocycles. The summed E-state index contributed by atoms with van der Waals surface area (Å²) in [5, 5.41) is 6.53. The van der Waals surface area contributed by atoms with Crippen molar-refractivity contribution in [3.8, 4) is 0 Å². The lowest BCUT2D eigenvalue weighted by molar-refractivity contribution is -0.130. The number of aryl methyl sites for hydroxylation is 1. The first kappa shape index (κ1) is 16.9. The van der Waals surface area contributed by atoms with E-state index in [9.17, 15) is 14.0 Å². The zero-order valence-electron chi connectivity index (χ0n) is 14.0. The Hall–Kier alpha value is -2.90. The lowest BCUT2D eigenvalue weighted by Crippen LogP contribution is -2.51. The molecule has 2 heterocycles. The fourth-order valence-electron chi connectivity index (χ4n) is 2.86. The summed E-state index contributed by atoms with van der Waals surface area (Å²) in [6, 6.07) is 8.21. The van der Waals surface area contributed by atoms with Crippen LogP contribution in [0.3, 0.4) is 0 Å². The van der Waals surface area contributed by atoms with Gasteiger partial charge in [0.25, 0.3) is 5.91 Å². The zero-order valence-corrected chi connectivity index (χ0v) is 14.0. The molecule has 1 aliphatic rings. The summed E-state index contributed by atoms with van der Waals surface area (Å²) in [5.74, 6) is -0.743. The van der Waals surface area contributed by atoms with E-state index < -0.39 is 0 Å². The Bertz CT molecular complexity index is 768. The predicted molar refractivity (Wildman–Crippen MR) is 90.7 cm³/mol. The number of anilines is 1. The van der Waals surface area contributed by atoms with Gasteiger partial charge in [-0.1, -0.05) is 12.1 Å². The Morgan fingerprint density at radius 3 is 2.52 bits per heavy atom. The van der Waals surface area contributed by atoms with E-state index in [0.717, 1.165) is 0 Å². The van der Waals surface area contributed by atoms with Crippen molar-refractivity contribution < 1.29 is 14.0 Å². The van der Waals surface area contributed by atoms with Crippen molar-refractivity contribution in [1.82, 2.24) is 20.0 Å². The van der Waals surface area contributed by atoms with Crippen molar-refractivity contribution in [2.75, 3.05) is 37.6 Å². The highest BCUT2D eigenvalue weighted by Crippen LogP contribution is 2.20. The van der Waals surface area contributed by atoms with Gasteiger partial charge in [-0.2, -0.15) is 5.10 Å². The number of halogens is 1. The third-order valence-corrected chi connectivity index (χ3v) is 4.28. The van der Waals surface area contributed by atoms with Crippen LogP contribution in [-0.4, -0.2) is 59.2 Å². The first-order valence-electron chi connectivity index (χ1n) is 8.09. The van der Waals surface area contributed by atoms with Crippen molar-refractivity contribution in [1.29, 1.82) is 0 Å². The van der Waals surface area contributed by atoms with Crippen molar-refractivity contribution in [2.45, 2.75) is 0 Å². The number of para-hydroxylation sites is 1. The standard InChI is InChI=1S/C17H20FN5O2/c1-21-15(6-7-20-21)17(25)19-12-16(24)23-10-8-22(9-11-23)14-5-3-2-4-13(14)18/h2-7H,8-12H2,1H3,(H,19,25). The molecule has 2 aromatic rings. The van der Waals surface area contributed by atoms with E-state index in [0.29, 0.717) is 37.6 Å². The lowest BCUT2D eigenvalue weighted by atomic mass is 10.2. The van der Waals surface area contributed by atoms with Crippen LogP contribution in [0, 0.1) is 5.82 Å². The monoisotopic (exact) mass is 345 g/mol.